The van der Waals surface area contributed by atoms with Crippen molar-refractivity contribution in [2.24, 2.45) is 0 Å². The molecule has 0 aliphatic carbocycles. The lowest BCUT2D eigenvalue weighted by atomic mass is 9.99. The lowest BCUT2D eigenvalue weighted by Gasteiger charge is -2.10. The van der Waals surface area contributed by atoms with E-state index in [0.29, 0.717) is 22.4 Å². The second kappa shape index (κ2) is 5.28. The van der Waals surface area contributed by atoms with Crippen LogP contribution >= 0.6 is 11.3 Å². The van der Waals surface area contributed by atoms with E-state index in [-0.39, 0.29) is 11.5 Å². The van der Waals surface area contributed by atoms with Crippen LogP contribution in [-0.2, 0) is 0 Å². The van der Waals surface area contributed by atoms with Gasteiger partial charge < -0.3 is 10.8 Å². The second-order valence-corrected chi connectivity index (χ2v) is 5.32. The molecular weight excluding hydrogens is 258 g/mol. The van der Waals surface area contributed by atoms with Crippen LogP contribution in [0.3, 0.4) is 0 Å². The van der Waals surface area contributed by atoms with E-state index >= 15 is 0 Å². The van der Waals surface area contributed by atoms with Gasteiger partial charge >= 0.3 is 0 Å². The minimum atomic E-state index is -0.155. The van der Waals surface area contributed by atoms with Crippen molar-refractivity contribution in [1.82, 2.24) is 0 Å². The first kappa shape index (κ1) is 13.4. The van der Waals surface area contributed by atoms with E-state index in [1.807, 2.05) is 17.5 Å². The SMILES string of the molecule is Cc1cc(C(=O)/C=C/c2cccs2)c(N)c(C)c1O. The lowest BCUT2D eigenvalue weighted by molar-refractivity contribution is 0.104. The zero-order valence-electron chi connectivity index (χ0n) is 10.8. The van der Waals surface area contributed by atoms with Gasteiger partial charge in [0.1, 0.15) is 5.75 Å². The predicted octanol–water partition coefficient (Wildman–Crippen LogP) is 3.55. The fraction of sp³-hybridized carbons (Fsp3) is 0.133. The van der Waals surface area contributed by atoms with Gasteiger partial charge in [-0.2, -0.15) is 0 Å². The van der Waals surface area contributed by atoms with Crippen LogP contribution in [0.5, 0.6) is 5.75 Å². The number of anilines is 1. The molecule has 0 fully saturated rings. The van der Waals surface area contributed by atoms with E-state index < -0.39 is 0 Å². The van der Waals surface area contributed by atoms with Crippen LogP contribution in [-0.4, -0.2) is 10.9 Å². The third-order valence-corrected chi connectivity index (χ3v) is 3.83. The number of hydrogen-bond donors (Lipinski definition) is 2. The van der Waals surface area contributed by atoms with Crippen LogP contribution in [0.25, 0.3) is 6.08 Å². The Morgan fingerprint density at radius 1 is 1.42 bits per heavy atom. The normalized spacial score (nSPS) is 11.1. The molecule has 0 aliphatic heterocycles. The second-order valence-electron chi connectivity index (χ2n) is 4.34. The van der Waals surface area contributed by atoms with Crippen molar-refractivity contribution in [3.05, 3.63) is 51.2 Å². The molecule has 1 heterocycles. The molecule has 3 N–H and O–H groups in total. The number of rotatable bonds is 3. The Morgan fingerprint density at radius 2 is 2.16 bits per heavy atom. The Bertz CT molecular complexity index is 643. The zero-order chi connectivity index (χ0) is 14.0. The maximum atomic E-state index is 12.1. The van der Waals surface area contributed by atoms with Crippen molar-refractivity contribution < 1.29 is 9.90 Å². The maximum absolute atomic E-state index is 12.1. The summed E-state index contributed by atoms with van der Waals surface area (Å²) in [5.41, 5.74) is 7.86. The fourth-order valence-corrected chi connectivity index (χ4v) is 2.44. The van der Waals surface area contributed by atoms with Crippen molar-refractivity contribution >= 4 is 28.9 Å². The van der Waals surface area contributed by atoms with E-state index in [1.54, 1.807) is 37.3 Å². The molecule has 1 aromatic carbocycles. The molecule has 3 nitrogen and oxygen atoms in total. The third-order valence-electron chi connectivity index (χ3n) is 2.99. The minimum Gasteiger partial charge on any atom is -0.507 e. The Balaban J connectivity index is 2.35. The summed E-state index contributed by atoms with van der Waals surface area (Å²) in [7, 11) is 0. The fourth-order valence-electron chi connectivity index (χ4n) is 1.83. The van der Waals surface area contributed by atoms with Crippen LogP contribution in [0.15, 0.2) is 29.7 Å². The number of carbonyl (C=O) groups excluding carboxylic acids is 1. The molecule has 1 aromatic heterocycles. The third kappa shape index (κ3) is 2.69. The van der Waals surface area contributed by atoms with Gasteiger partial charge in [-0.3, -0.25) is 4.79 Å². The number of thiophene rings is 1. The van der Waals surface area contributed by atoms with Crippen molar-refractivity contribution in [1.29, 1.82) is 0 Å². The smallest absolute Gasteiger partial charge is 0.187 e. The summed E-state index contributed by atoms with van der Waals surface area (Å²) in [4.78, 5) is 13.1. The number of hydrogen-bond acceptors (Lipinski definition) is 4. The Kier molecular flexibility index (Phi) is 3.71. The summed E-state index contributed by atoms with van der Waals surface area (Å²) < 4.78 is 0. The number of phenolic OH excluding ortho intramolecular Hbond substituents is 1. The van der Waals surface area contributed by atoms with Gasteiger partial charge in [0.25, 0.3) is 0 Å². The highest BCUT2D eigenvalue weighted by Crippen LogP contribution is 2.30. The quantitative estimate of drug-likeness (QED) is 0.510. The van der Waals surface area contributed by atoms with Crippen molar-refractivity contribution in [2.75, 3.05) is 5.73 Å². The van der Waals surface area contributed by atoms with Crippen molar-refractivity contribution in [3.63, 3.8) is 0 Å². The summed E-state index contributed by atoms with van der Waals surface area (Å²) in [6.45, 7) is 3.46. The van der Waals surface area contributed by atoms with Crippen LogP contribution < -0.4 is 5.73 Å². The highest BCUT2D eigenvalue weighted by Gasteiger charge is 2.14. The first-order valence-corrected chi connectivity index (χ1v) is 6.73. The van der Waals surface area contributed by atoms with Gasteiger partial charge in [0.05, 0.1) is 0 Å². The standard InChI is InChI=1S/C15H15NO2S/c1-9-8-12(14(16)10(2)15(9)18)13(17)6-5-11-4-3-7-19-11/h3-8,18H,16H2,1-2H3/b6-5+. The van der Waals surface area contributed by atoms with E-state index in [2.05, 4.69) is 0 Å². The van der Waals surface area contributed by atoms with E-state index in [1.165, 1.54) is 6.08 Å². The molecule has 0 atom stereocenters. The molecule has 98 valence electrons. The van der Waals surface area contributed by atoms with Gasteiger partial charge in [0, 0.05) is 21.7 Å². The molecule has 0 radical (unpaired) electrons. The minimum absolute atomic E-state index is 0.149. The summed E-state index contributed by atoms with van der Waals surface area (Å²) >= 11 is 1.56. The molecule has 0 saturated carbocycles. The van der Waals surface area contributed by atoms with Crippen molar-refractivity contribution in [2.45, 2.75) is 13.8 Å². The average Bonchev–Trinajstić information content (AvgIpc) is 2.91. The van der Waals surface area contributed by atoms with E-state index in [9.17, 15) is 9.90 Å². The molecule has 0 unspecified atom stereocenters. The number of aromatic hydroxyl groups is 1. The molecule has 2 rings (SSSR count). The number of ketones is 1. The van der Waals surface area contributed by atoms with Gasteiger partial charge in [-0.05, 0) is 49.1 Å². The lowest BCUT2D eigenvalue weighted by Crippen LogP contribution is -2.04. The van der Waals surface area contributed by atoms with Gasteiger partial charge in [-0.25, -0.2) is 0 Å². The summed E-state index contributed by atoms with van der Waals surface area (Å²) in [5, 5.41) is 11.7. The molecule has 19 heavy (non-hydrogen) atoms. The molecule has 4 heteroatoms. The molecule has 2 aromatic rings. The molecular formula is C15H15NO2S. The predicted molar refractivity (Wildman–Crippen MR) is 79.7 cm³/mol. The highest BCUT2D eigenvalue weighted by atomic mass is 32.1. The van der Waals surface area contributed by atoms with Gasteiger partial charge in [0.15, 0.2) is 5.78 Å². The van der Waals surface area contributed by atoms with Gasteiger partial charge in [0.2, 0.25) is 0 Å². The van der Waals surface area contributed by atoms with Crippen molar-refractivity contribution in [3.8, 4) is 5.75 Å². The summed E-state index contributed by atoms with van der Waals surface area (Å²) in [6.07, 6.45) is 3.28. The first-order chi connectivity index (χ1) is 9.00. The molecule has 0 amide bonds. The monoisotopic (exact) mass is 273 g/mol. The topological polar surface area (TPSA) is 63.3 Å². The number of benzene rings is 1. The zero-order valence-corrected chi connectivity index (χ0v) is 11.6. The highest BCUT2D eigenvalue weighted by molar-refractivity contribution is 7.10. The largest absolute Gasteiger partial charge is 0.507 e. The van der Waals surface area contributed by atoms with Crippen LogP contribution in [0, 0.1) is 13.8 Å². The van der Waals surface area contributed by atoms with Crippen LogP contribution in [0.2, 0.25) is 0 Å². The Morgan fingerprint density at radius 3 is 2.79 bits per heavy atom. The molecule has 0 spiro atoms. The Hall–Kier alpha value is -2.07. The van der Waals surface area contributed by atoms with Crippen LogP contribution in [0.4, 0.5) is 5.69 Å². The number of nitrogens with two attached hydrogens (primary N) is 1. The summed E-state index contributed by atoms with van der Waals surface area (Å²) in [6, 6.07) is 5.49. The molecule has 0 saturated heterocycles. The van der Waals surface area contributed by atoms with Gasteiger partial charge in [-0.15, -0.1) is 11.3 Å². The number of phenols is 1. The molecule has 0 bridgehead atoms. The maximum Gasteiger partial charge on any atom is 0.187 e. The van der Waals surface area contributed by atoms with E-state index in [0.717, 1.165) is 4.88 Å². The average molecular weight is 273 g/mol. The van der Waals surface area contributed by atoms with Gasteiger partial charge in [-0.1, -0.05) is 6.07 Å². The van der Waals surface area contributed by atoms with E-state index in [4.69, 9.17) is 5.73 Å². The number of allylic oxidation sites excluding steroid dienone is 1. The number of nitrogen functional groups attached to an aromatic ring is 1. The number of aryl methyl sites for hydroxylation is 1. The molecule has 0 aliphatic rings. The first-order valence-electron chi connectivity index (χ1n) is 5.85. The van der Waals surface area contributed by atoms with Crippen LogP contribution in [0.1, 0.15) is 26.4 Å². The Labute approximate surface area is 116 Å². The number of carbonyl (C=O) groups is 1. The summed E-state index contributed by atoms with van der Waals surface area (Å²) in [5.74, 6) is -0.00612.